The third-order valence-corrected chi connectivity index (χ3v) is 10.8. The third kappa shape index (κ3) is 34.4. The number of carboxylic acid groups (broad SMARTS) is 4. The van der Waals surface area contributed by atoms with Gasteiger partial charge in [-0.05, 0) is 37.0 Å². The van der Waals surface area contributed by atoms with E-state index >= 15 is 0 Å². The highest BCUT2D eigenvalue weighted by molar-refractivity contribution is 7.80. The second-order valence-electron chi connectivity index (χ2n) is 16.1. The van der Waals surface area contributed by atoms with E-state index in [1.165, 1.54) is 0 Å². The first-order valence-electron chi connectivity index (χ1n) is 24.0. The number of carbonyl (C=O) groups excluding carboxylic acids is 6. The molecule has 1 aromatic carbocycles. The van der Waals surface area contributed by atoms with Crippen LogP contribution >= 0.6 is 24.8 Å². The SMILES string of the molecule is N[C@@H](CCC(=O)[C@H](Cc1ccccc1)NC(=O)CCOCCOCCOCCOCCOCCOCCNC(=O)CC[C@H](NC(=S)N[C@@H](CCC(=O)O)OC=O)C(=O)O)C(=O)N[C@@H](CC(=O)O)C(=O)N[C@@H](CS)C(=O)O. The van der Waals surface area contributed by atoms with Gasteiger partial charge in [-0.15, -0.1) is 0 Å². The average Bonchev–Trinajstić information content (AvgIpc) is 3.37. The molecule has 428 valence electrons. The van der Waals surface area contributed by atoms with E-state index in [0.29, 0.717) is 33.0 Å². The summed E-state index contributed by atoms with van der Waals surface area (Å²) < 4.78 is 37.5. The molecule has 1 rings (SSSR count). The van der Waals surface area contributed by atoms with Gasteiger partial charge in [-0.3, -0.25) is 38.4 Å². The van der Waals surface area contributed by atoms with E-state index in [1.54, 1.807) is 30.3 Å². The van der Waals surface area contributed by atoms with Crippen LogP contribution in [0.3, 0.4) is 0 Å². The first-order chi connectivity index (χ1) is 36.4. The predicted octanol–water partition coefficient (Wildman–Crippen LogP) is -2.48. The van der Waals surface area contributed by atoms with Gasteiger partial charge >= 0.3 is 23.9 Å². The Morgan fingerprint density at radius 2 is 1.11 bits per heavy atom. The molecule has 4 amide bonds. The lowest BCUT2D eigenvalue weighted by Gasteiger charge is -2.22. The van der Waals surface area contributed by atoms with Crippen LogP contribution in [-0.2, 0) is 87.5 Å². The zero-order valence-electron chi connectivity index (χ0n) is 41.9. The second kappa shape index (κ2) is 42.0. The number of nitrogens with one attached hydrogen (secondary N) is 6. The molecule has 0 aliphatic heterocycles. The molecular formula is C46H71N7O21S2. The number of nitrogens with two attached hydrogens (primary N) is 1. The van der Waals surface area contributed by atoms with Crippen molar-refractivity contribution in [2.45, 2.75) is 94.2 Å². The Morgan fingerprint density at radius 3 is 1.62 bits per heavy atom. The number of hydrogen-bond donors (Lipinski definition) is 12. The number of carbonyl (C=O) groups is 10. The van der Waals surface area contributed by atoms with Gasteiger partial charge < -0.3 is 91.2 Å². The van der Waals surface area contributed by atoms with Crippen LogP contribution in [0.1, 0.15) is 56.9 Å². The molecular weight excluding hydrogens is 1050 g/mol. The van der Waals surface area contributed by atoms with E-state index in [4.69, 9.17) is 56.2 Å². The number of carboxylic acids is 4. The highest BCUT2D eigenvalue weighted by Gasteiger charge is 2.30. The molecule has 0 radical (unpaired) electrons. The van der Waals surface area contributed by atoms with E-state index in [2.05, 4.69) is 44.5 Å². The summed E-state index contributed by atoms with van der Waals surface area (Å²) in [4.78, 5) is 120. The van der Waals surface area contributed by atoms with Crippen molar-refractivity contribution in [3.05, 3.63) is 35.9 Å². The van der Waals surface area contributed by atoms with Gasteiger partial charge in [-0.1, -0.05) is 30.3 Å². The normalized spacial score (nSPS) is 13.3. The molecule has 0 aliphatic rings. The molecule has 0 saturated carbocycles. The molecule has 0 aliphatic carbocycles. The Balaban J connectivity index is 2.20. The van der Waals surface area contributed by atoms with Crippen molar-refractivity contribution in [1.82, 2.24) is 31.9 Å². The Kier molecular flexibility index (Phi) is 37.6. The minimum Gasteiger partial charge on any atom is -0.481 e. The lowest BCUT2D eigenvalue weighted by molar-refractivity contribution is -0.143. The summed E-state index contributed by atoms with van der Waals surface area (Å²) in [6, 6.07) is 2.18. The number of Topliss-reactive ketones (excluding diaryl/α,β-unsaturated/α-hetero) is 1. The summed E-state index contributed by atoms with van der Waals surface area (Å²) in [5, 5.41) is 51.2. The van der Waals surface area contributed by atoms with E-state index in [-0.39, 0.29) is 121 Å². The highest BCUT2D eigenvalue weighted by Crippen LogP contribution is 2.10. The lowest BCUT2D eigenvalue weighted by atomic mass is 9.97. The summed E-state index contributed by atoms with van der Waals surface area (Å²) in [6.07, 6.45) is -3.09. The Labute approximate surface area is 449 Å². The predicted molar refractivity (Wildman–Crippen MR) is 272 cm³/mol. The van der Waals surface area contributed by atoms with Crippen LogP contribution in [-0.4, -0.2) is 213 Å². The summed E-state index contributed by atoms with van der Waals surface area (Å²) in [7, 11) is 0. The fourth-order valence-electron chi connectivity index (χ4n) is 6.18. The monoisotopic (exact) mass is 1120 g/mol. The molecule has 6 atom stereocenters. The van der Waals surface area contributed by atoms with E-state index in [1.807, 2.05) is 0 Å². The molecule has 0 unspecified atom stereocenters. The molecule has 12 N–H and O–H groups in total. The molecule has 0 aromatic heterocycles. The minimum atomic E-state index is -1.66. The van der Waals surface area contributed by atoms with Crippen molar-refractivity contribution in [3.63, 3.8) is 0 Å². The summed E-state index contributed by atoms with van der Waals surface area (Å²) >= 11 is 8.88. The largest absolute Gasteiger partial charge is 0.481 e. The molecule has 0 spiro atoms. The van der Waals surface area contributed by atoms with Crippen molar-refractivity contribution in [2.24, 2.45) is 5.73 Å². The molecule has 0 bridgehead atoms. The van der Waals surface area contributed by atoms with Crippen LogP contribution in [0.25, 0.3) is 0 Å². The van der Waals surface area contributed by atoms with Gasteiger partial charge in [0.1, 0.15) is 18.1 Å². The first kappa shape index (κ1) is 67.9. The number of thiocarbonyl (C=S) groups is 1. The van der Waals surface area contributed by atoms with Crippen LogP contribution in [0.5, 0.6) is 0 Å². The smallest absolute Gasteiger partial charge is 0.327 e. The van der Waals surface area contributed by atoms with Gasteiger partial charge in [0.15, 0.2) is 17.1 Å². The quantitative estimate of drug-likeness (QED) is 0.0106. The lowest BCUT2D eigenvalue weighted by Crippen LogP contribution is -2.55. The van der Waals surface area contributed by atoms with E-state index in [0.717, 1.165) is 5.56 Å². The highest BCUT2D eigenvalue weighted by atomic mass is 32.1. The maximum absolute atomic E-state index is 13.3. The molecule has 0 saturated heterocycles. The first-order valence-corrected chi connectivity index (χ1v) is 25.0. The van der Waals surface area contributed by atoms with Crippen LogP contribution < -0.4 is 37.6 Å². The third-order valence-electron chi connectivity index (χ3n) is 10.2. The molecule has 0 heterocycles. The van der Waals surface area contributed by atoms with Gasteiger partial charge in [-0.25, -0.2) is 9.59 Å². The Hall–Kier alpha value is -6.12. The van der Waals surface area contributed by atoms with Gasteiger partial charge in [0.05, 0.1) is 104 Å². The molecule has 0 fully saturated rings. The summed E-state index contributed by atoms with van der Waals surface area (Å²) in [6.45, 7) is 3.28. The van der Waals surface area contributed by atoms with Crippen LogP contribution in [0.2, 0.25) is 0 Å². The van der Waals surface area contributed by atoms with Crippen molar-refractivity contribution in [3.8, 4) is 0 Å². The molecule has 28 nitrogen and oxygen atoms in total. The van der Waals surface area contributed by atoms with Crippen molar-refractivity contribution in [1.29, 1.82) is 0 Å². The van der Waals surface area contributed by atoms with Gasteiger partial charge in [0.25, 0.3) is 6.47 Å². The average molecular weight is 1120 g/mol. The van der Waals surface area contributed by atoms with Gasteiger partial charge in [0.2, 0.25) is 23.6 Å². The number of amides is 4. The van der Waals surface area contributed by atoms with Crippen LogP contribution in [0.15, 0.2) is 30.3 Å². The van der Waals surface area contributed by atoms with Crippen LogP contribution in [0.4, 0.5) is 0 Å². The second-order valence-corrected chi connectivity index (χ2v) is 16.9. The zero-order chi connectivity index (χ0) is 56.5. The number of benzene rings is 1. The van der Waals surface area contributed by atoms with Crippen LogP contribution in [0, 0.1) is 0 Å². The number of thiol groups is 1. The minimum absolute atomic E-state index is 0.0331. The fourth-order valence-corrected chi connectivity index (χ4v) is 6.70. The van der Waals surface area contributed by atoms with E-state index < -0.39 is 96.1 Å². The molecule has 76 heavy (non-hydrogen) atoms. The number of ether oxygens (including phenoxy) is 7. The maximum atomic E-state index is 13.3. The summed E-state index contributed by atoms with van der Waals surface area (Å²) in [5.41, 5.74) is 6.74. The molecule has 30 heteroatoms. The number of hydrogen-bond acceptors (Lipinski definition) is 20. The maximum Gasteiger partial charge on any atom is 0.327 e. The van der Waals surface area contributed by atoms with Crippen molar-refractivity contribution < 1.29 is 102 Å². The Bertz CT molecular complexity index is 1960. The zero-order valence-corrected chi connectivity index (χ0v) is 43.6. The van der Waals surface area contributed by atoms with Crippen molar-refractivity contribution >= 4 is 89.7 Å². The standard InChI is InChI=1S/C46H71N7O21S2/c47-31(42(62)50-34(27-41(60)61)43(63)51-35(28-75)45(66)67)6-8-36(55)33(26-30-4-2-1-3-5-30)49-38(57)12-14-68-16-18-70-20-22-72-24-25-73-23-21-71-19-17-69-15-13-48-37(56)9-7-32(44(64)65)52-46(76)53-39(74-29-54)10-11-40(58)59/h1-5,29,31-35,39,75H,6-28,47H2,(H,48,56)(H,49,57)(H,50,62)(H,51,63)(H,58,59)(H,60,61)(H,64,65)(H,66,67)(H2,52,53,76)/t31-,32-,33-,34-,35-,39+/m0/s1. The van der Waals surface area contributed by atoms with E-state index in [9.17, 15) is 63.3 Å². The Morgan fingerprint density at radius 1 is 0.566 bits per heavy atom. The van der Waals surface area contributed by atoms with Gasteiger partial charge in [0, 0.05) is 38.0 Å². The topological polar surface area (TPSA) is 414 Å². The summed E-state index contributed by atoms with van der Waals surface area (Å²) in [5.74, 6) is -8.92. The fraction of sp³-hybridized carbons (Fsp3) is 0.630. The molecule has 1 aromatic rings. The van der Waals surface area contributed by atoms with Crippen molar-refractivity contribution in [2.75, 3.05) is 91.6 Å². The number of rotatable bonds is 47. The van der Waals surface area contributed by atoms with Gasteiger partial charge in [-0.2, -0.15) is 12.6 Å². The number of ketones is 1. The number of aliphatic carboxylic acids is 4.